The van der Waals surface area contributed by atoms with Gasteiger partial charge in [-0.05, 0) is 29.3 Å². The van der Waals surface area contributed by atoms with Gasteiger partial charge in [-0.2, -0.15) is 0 Å². The van der Waals surface area contributed by atoms with Crippen LogP contribution in [0.1, 0.15) is 35.3 Å². The van der Waals surface area contributed by atoms with Gasteiger partial charge in [0.05, 0.1) is 0 Å². The largest absolute Gasteiger partial charge is 0.366 e. The summed E-state index contributed by atoms with van der Waals surface area (Å²) in [6.07, 6.45) is 0. The summed E-state index contributed by atoms with van der Waals surface area (Å²) in [6, 6.07) is 16.1. The predicted octanol–water partition coefficient (Wildman–Crippen LogP) is 3.08. The Labute approximate surface area is 125 Å². The van der Waals surface area contributed by atoms with Gasteiger partial charge in [-0.1, -0.05) is 44.2 Å². The Bertz CT molecular complexity index is 674. The van der Waals surface area contributed by atoms with Crippen molar-refractivity contribution < 1.29 is 4.79 Å². The number of primary amides is 1. The van der Waals surface area contributed by atoms with E-state index in [1.165, 1.54) is 16.8 Å². The summed E-state index contributed by atoms with van der Waals surface area (Å²) in [4.78, 5) is 13.5. The van der Waals surface area contributed by atoms with E-state index in [0.717, 1.165) is 13.1 Å². The average molecular weight is 280 g/mol. The van der Waals surface area contributed by atoms with Crippen molar-refractivity contribution in [2.24, 2.45) is 5.73 Å². The van der Waals surface area contributed by atoms with Crippen molar-refractivity contribution in [1.29, 1.82) is 0 Å². The normalized spacial score (nSPS) is 15.8. The quantitative estimate of drug-likeness (QED) is 0.939. The SMILES string of the molecule is CC1(C)CN(Cc2ccc(C(N)=O)cc2)c2ccccc21. The number of amides is 1. The molecule has 0 fully saturated rings. The van der Waals surface area contributed by atoms with Crippen molar-refractivity contribution in [3.05, 3.63) is 65.2 Å². The number of hydrogen-bond acceptors (Lipinski definition) is 2. The van der Waals surface area contributed by atoms with E-state index in [-0.39, 0.29) is 11.3 Å². The lowest BCUT2D eigenvalue weighted by Gasteiger charge is -2.22. The lowest BCUT2D eigenvalue weighted by molar-refractivity contribution is 0.100. The minimum Gasteiger partial charge on any atom is -0.366 e. The Balaban J connectivity index is 1.85. The van der Waals surface area contributed by atoms with Crippen LogP contribution in [-0.2, 0) is 12.0 Å². The minimum atomic E-state index is -0.380. The Hall–Kier alpha value is -2.29. The molecule has 3 rings (SSSR count). The van der Waals surface area contributed by atoms with Gasteiger partial charge in [0, 0.05) is 29.8 Å². The molecule has 0 spiro atoms. The van der Waals surface area contributed by atoms with Gasteiger partial charge in [0.15, 0.2) is 0 Å². The fourth-order valence-corrected chi connectivity index (χ4v) is 3.11. The van der Waals surface area contributed by atoms with E-state index < -0.39 is 0 Å². The first-order valence-electron chi connectivity index (χ1n) is 7.20. The number of carbonyl (C=O) groups excluding carboxylic acids is 1. The monoisotopic (exact) mass is 280 g/mol. The van der Waals surface area contributed by atoms with Crippen molar-refractivity contribution in [1.82, 2.24) is 0 Å². The molecule has 3 heteroatoms. The molecule has 0 saturated carbocycles. The van der Waals surface area contributed by atoms with Crippen molar-refractivity contribution >= 4 is 11.6 Å². The van der Waals surface area contributed by atoms with Gasteiger partial charge in [0.25, 0.3) is 0 Å². The van der Waals surface area contributed by atoms with Gasteiger partial charge in [-0.25, -0.2) is 0 Å². The van der Waals surface area contributed by atoms with Gasteiger partial charge < -0.3 is 10.6 Å². The molecule has 1 aliphatic heterocycles. The summed E-state index contributed by atoms with van der Waals surface area (Å²) in [7, 11) is 0. The van der Waals surface area contributed by atoms with Crippen LogP contribution in [0, 0.1) is 0 Å². The number of fused-ring (bicyclic) bond motifs is 1. The van der Waals surface area contributed by atoms with E-state index in [2.05, 4.69) is 43.0 Å². The second-order valence-electron chi connectivity index (χ2n) is 6.32. The third-order valence-electron chi connectivity index (χ3n) is 4.17. The van der Waals surface area contributed by atoms with E-state index >= 15 is 0 Å². The molecule has 108 valence electrons. The summed E-state index contributed by atoms with van der Waals surface area (Å²) in [6.45, 7) is 6.41. The molecule has 0 saturated heterocycles. The van der Waals surface area contributed by atoms with E-state index in [9.17, 15) is 4.79 Å². The molecule has 1 heterocycles. The van der Waals surface area contributed by atoms with E-state index in [1.54, 1.807) is 12.1 Å². The highest BCUT2D eigenvalue weighted by atomic mass is 16.1. The molecule has 2 N–H and O–H groups in total. The topological polar surface area (TPSA) is 46.3 Å². The zero-order valence-electron chi connectivity index (χ0n) is 12.5. The fourth-order valence-electron chi connectivity index (χ4n) is 3.11. The standard InChI is InChI=1S/C18H20N2O/c1-18(2)12-20(16-6-4-3-5-15(16)18)11-13-7-9-14(10-8-13)17(19)21/h3-10H,11-12H2,1-2H3,(H2,19,21). The second-order valence-corrected chi connectivity index (χ2v) is 6.32. The maximum atomic E-state index is 11.1. The lowest BCUT2D eigenvalue weighted by atomic mass is 9.87. The molecule has 0 unspecified atom stereocenters. The van der Waals surface area contributed by atoms with Crippen LogP contribution in [0.3, 0.4) is 0 Å². The summed E-state index contributed by atoms with van der Waals surface area (Å²) >= 11 is 0. The van der Waals surface area contributed by atoms with Crippen molar-refractivity contribution in [3.63, 3.8) is 0 Å². The highest BCUT2D eigenvalue weighted by Crippen LogP contribution is 2.40. The molecule has 0 atom stereocenters. The number of nitrogens with two attached hydrogens (primary N) is 1. The summed E-state index contributed by atoms with van der Waals surface area (Å²) in [5, 5.41) is 0. The molecule has 3 nitrogen and oxygen atoms in total. The van der Waals surface area contributed by atoms with Crippen molar-refractivity contribution in [2.45, 2.75) is 25.8 Å². The smallest absolute Gasteiger partial charge is 0.248 e. The van der Waals surface area contributed by atoms with Crippen LogP contribution in [0.4, 0.5) is 5.69 Å². The van der Waals surface area contributed by atoms with Gasteiger partial charge in [-0.15, -0.1) is 0 Å². The van der Waals surface area contributed by atoms with E-state index in [0.29, 0.717) is 5.56 Å². The Morgan fingerprint density at radius 2 is 1.81 bits per heavy atom. The fraction of sp³-hybridized carbons (Fsp3) is 0.278. The van der Waals surface area contributed by atoms with Gasteiger partial charge in [0.1, 0.15) is 0 Å². The Morgan fingerprint density at radius 1 is 1.14 bits per heavy atom. The number of benzene rings is 2. The second kappa shape index (κ2) is 4.92. The molecule has 0 aliphatic carbocycles. The van der Waals surface area contributed by atoms with Crippen LogP contribution >= 0.6 is 0 Å². The van der Waals surface area contributed by atoms with Gasteiger partial charge in [0.2, 0.25) is 5.91 Å². The molecule has 1 aliphatic rings. The molecule has 0 aromatic heterocycles. The van der Waals surface area contributed by atoms with Crippen LogP contribution in [0.2, 0.25) is 0 Å². The summed E-state index contributed by atoms with van der Waals surface area (Å²) in [5.74, 6) is -0.380. The molecule has 2 aromatic rings. The predicted molar refractivity (Wildman–Crippen MR) is 85.5 cm³/mol. The maximum Gasteiger partial charge on any atom is 0.248 e. The highest BCUT2D eigenvalue weighted by Gasteiger charge is 2.34. The number of nitrogens with zero attached hydrogens (tertiary/aromatic N) is 1. The Kier molecular flexibility index (Phi) is 3.20. The third-order valence-corrected chi connectivity index (χ3v) is 4.17. The first-order valence-corrected chi connectivity index (χ1v) is 7.20. The molecule has 2 aromatic carbocycles. The minimum absolute atomic E-state index is 0.170. The van der Waals surface area contributed by atoms with Crippen molar-refractivity contribution in [2.75, 3.05) is 11.4 Å². The number of hydrogen-bond donors (Lipinski definition) is 1. The van der Waals surface area contributed by atoms with Crippen LogP contribution < -0.4 is 10.6 Å². The van der Waals surface area contributed by atoms with E-state index in [4.69, 9.17) is 5.73 Å². The highest BCUT2D eigenvalue weighted by molar-refractivity contribution is 5.92. The van der Waals surface area contributed by atoms with E-state index in [1.807, 2.05) is 12.1 Å². The Morgan fingerprint density at radius 3 is 2.48 bits per heavy atom. The number of carbonyl (C=O) groups is 1. The van der Waals surface area contributed by atoms with Crippen LogP contribution in [0.15, 0.2) is 48.5 Å². The number of para-hydroxylation sites is 1. The first-order chi connectivity index (χ1) is 9.97. The molecular weight excluding hydrogens is 260 g/mol. The summed E-state index contributed by atoms with van der Waals surface area (Å²) in [5.41, 5.74) is 9.90. The molecule has 0 radical (unpaired) electrons. The molecule has 1 amide bonds. The number of rotatable bonds is 3. The molecule has 21 heavy (non-hydrogen) atoms. The zero-order chi connectivity index (χ0) is 15.0. The van der Waals surface area contributed by atoms with Crippen LogP contribution in [-0.4, -0.2) is 12.5 Å². The molecular formula is C18H20N2O. The van der Waals surface area contributed by atoms with Gasteiger partial charge in [-0.3, -0.25) is 4.79 Å². The van der Waals surface area contributed by atoms with Crippen LogP contribution in [0.25, 0.3) is 0 Å². The van der Waals surface area contributed by atoms with Crippen molar-refractivity contribution in [3.8, 4) is 0 Å². The zero-order valence-corrected chi connectivity index (χ0v) is 12.5. The summed E-state index contributed by atoms with van der Waals surface area (Å²) < 4.78 is 0. The number of anilines is 1. The molecule has 0 bridgehead atoms. The lowest BCUT2D eigenvalue weighted by Crippen LogP contribution is -2.28. The average Bonchev–Trinajstić information content (AvgIpc) is 2.71. The third kappa shape index (κ3) is 2.51. The maximum absolute atomic E-state index is 11.1. The first kappa shape index (κ1) is 13.7. The van der Waals surface area contributed by atoms with Gasteiger partial charge >= 0.3 is 0 Å². The van der Waals surface area contributed by atoms with Crippen LogP contribution in [0.5, 0.6) is 0 Å².